The Morgan fingerprint density at radius 3 is 2.84 bits per heavy atom. The van der Waals surface area contributed by atoms with Crippen molar-refractivity contribution in [3.63, 3.8) is 0 Å². The van der Waals surface area contributed by atoms with Gasteiger partial charge in [0, 0.05) is 11.6 Å². The number of carbonyl (C=O) groups excluding carboxylic acids is 1. The van der Waals surface area contributed by atoms with Gasteiger partial charge in [0.15, 0.2) is 17.1 Å². The Kier molecular flexibility index (Phi) is 7.70. The Balaban J connectivity index is 1.69. The molecule has 0 aliphatic heterocycles. The molecule has 0 radical (unpaired) electrons. The molecule has 3 rings (SSSR count). The maximum atomic E-state index is 13.7. The molecule has 2 aromatic carbocycles. The molecule has 3 aromatic rings. The molecule has 0 fully saturated rings. The van der Waals surface area contributed by atoms with E-state index in [2.05, 4.69) is 22.1 Å². The minimum atomic E-state index is -0.485. The number of amides is 1. The molecule has 1 aromatic heterocycles. The van der Waals surface area contributed by atoms with Crippen LogP contribution in [0.25, 0.3) is 0 Å². The van der Waals surface area contributed by atoms with E-state index in [4.69, 9.17) is 16.3 Å². The number of aryl methyl sites for hydroxylation is 1. The van der Waals surface area contributed by atoms with Crippen molar-refractivity contribution >= 4 is 35.0 Å². The van der Waals surface area contributed by atoms with Gasteiger partial charge in [-0.3, -0.25) is 9.36 Å². The molecule has 6 nitrogen and oxygen atoms in total. The average molecular weight is 461 g/mol. The zero-order valence-electron chi connectivity index (χ0n) is 17.1. The van der Waals surface area contributed by atoms with Crippen LogP contribution in [0, 0.1) is 12.7 Å². The van der Waals surface area contributed by atoms with Crippen LogP contribution in [0.3, 0.4) is 0 Å². The number of aromatic nitrogens is 3. The zero-order chi connectivity index (χ0) is 22.4. The summed E-state index contributed by atoms with van der Waals surface area (Å²) in [5.74, 6) is 0.493. The summed E-state index contributed by atoms with van der Waals surface area (Å²) in [6.07, 6.45) is 1.32. The van der Waals surface area contributed by atoms with Gasteiger partial charge in [-0.1, -0.05) is 41.6 Å². The Labute approximate surface area is 189 Å². The minimum absolute atomic E-state index is 0.0508. The van der Waals surface area contributed by atoms with Crippen molar-refractivity contribution in [1.29, 1.82) is 0 Å². The second-order valence-corrected chi connectivity index (χ2v) is 8.08. The molecule has 0 spiro atoms. The van der Waals surface area contributed by atoms with Crippen molar-refractivity contribution in [3.05, 3.63) is 77.3 Å². The van der Waals surface area contributed by atoms with Crippen LogP contribution in [0.4, 0.5) is 10.1 Å². The molecule has 9 heteroatoms. The van der Waals surface area contributed by atoms with Crippen molar-refractivity contribution in [2.45, 2.75) is 31.7 Å². The number of rotatable bonds is 9. The smallest absolute Gasteiger partial charge is 0.234 e. The lowest BCUT2D eigenvalue weighted by Gasteiger charge is -2.16. The quantitative estimate of drug-likeness (QED) is 0.340. The van der Waals surface area contributed by atoms with Crippen molar-refractivity contribution < 1.29 is 13.9 Å². The molecule has 31 heavy (non-hydrogen) atoms. The summed E-state index contributed by atoms with van der Waals surface area (Å²) < 4.78 is 21.6. The van der Waals surface area contributed by atoms with Crippen LogP contribution in [0.5, 0.6) is 5.75 Å². The number of benzene rings is 2. The summed E-state index contributed by atoms with van der Waals surface area (Å²) in [5.41, 5.74) is 1.05. The summed E-state index contributed by atoms with van der Waals surface area (Å²) in [4.78, 5) is 12.2. The zero-order valence-corrected chi connectivity index (χ0v) is 18.7. The summed E-state index contributed by atoms with van der Waals surface area (Å²) in [7, 11) is 0. The Morgan fingerprint density at radius 1 is 1.35 bits per heavy atom. The molecule has 0 saturated heterocycles. The number of para-hydroxylation sites is 1. The molecular formula is C22H22ClFN4O2S. The first-order valence-corrected chi connectivity index (χ1v) is 10.9. The van der Waals surface area contributed by atoms with E-state index < -0.39 is 11.9 Å². The van der Waals surface area contributed by atoms with Crippen LogP contribution in [0.1, 0.15) is 24.4 Å². The molecule has 1 amide bonds. The number of hydrogen-bond donors (Lipinski definition) is 1. The van der Waals surface area contributed by atoms with Crippen molar-refractivity contribution in [3.8, 4) is 5.75 Å². The number of carbonyl (C=O) groups is 1. The number of anilines is 1. The fourth-order valence-electron chi connectivity index (χ4n) is 2.83. The van der Waals surface area contributed by atoms with Crippen LogP contribution in [-0.4, -0.2) is 26.4 Å². The lowest BCUT2D eigenvalue weighted by Crippen LogP contribution is -2.16. The van der Waals surface area contributed by atoms with E-state index in [0.29, 0.717) is 28.3 Å². The topological polar surface area (TPSA) is 69.0 Å². The molecule has 1 N–H and O–H groups in total. The second-order valence-electron chi connectivity index (χ2n) is 6.73. The first-order valence-electron chi connectivity index (χ1n) is 9.53. The summed E-state index contributed by atoms with van der Waals surface area (Å²) >= 11 is 7.28. The highest BCUT2D eigenvalue weighted by Crippen LogP contribution is 2.27. The monoisotopic (exact) mass is 460 g/mol. The molecular weight excluding hydrogens is 439 g/mol. The standard InChI is InChI=1S/C22H22ClFN4O2S/c1-4-11-28-21(15(3)30-16-9-10-17(23)14(2)12-16)26-27-22(28)31-13-20(29)25-19-8-6-5-7-18(19)24/h4-10,12,15H,1,11,13H2,2-3H3,(H,25,29). The van der Waals surface area contributed by atoms with Gasteiger partial charge in [0.1, 0.15) is 11.6 Å². The molecule has 1 unspecified atom stereocenters. The third kappa shape index (κ3) is 5.86. The van der Waals surface area contributed by atoms with Crippen molar-refractivity contribution in [2.24, 2.45) is 0 Å². The highest BCUT2D eigenvalue weighted by atomic mass is 35.5. The molecule has 0 bridgehead atoms. The van der Waals surface area contributed by atoms with Crippen LogP contribution in [0.2, 0.25) is 5.02 Å². The summed E-state index contributed by atoms with van der Waals surface area (Å²) in [5, 5.41) is 12.2. The third-order valence-electron chi connectivity index (χ3n) is 4.34. The van der Waals surface area contributed by atoms with E-state index in [1.54, 1.807) is 30.3 Å². The predicted molar refractivity (Wildman–Crippen MR) is 121 cm³/mol. The Morgan fingerprint density at radius 2 is 2.13 bits per heavy atom. The van der Waals surface area contributed by atoms with E-state index >= 15 is 0 Å². The number of allylic oxidation sites excluding steroid dienone is 1. The number of nitrogens with zero attached hydrogens (tertiary/aromatic N) is 3. The lowest BCUT2D eigenvalue weighted by molar-refractivity contribution is -0.113. The lowest BCUT2D eigenvalue weighted by atomic mass is 10.2. The molecule has 0 aliphatic carbocycles. The SMILES string of the molecule is C=CCn1c(SCC(=O)Nc2ccccc2F)nnc1C(C)Oc1ccc(Cl)c(C)c1. The molecule has 0 saturated carbocycles. The van der Waals surface area contributed by atoms with E-state index in [1.807, 2.05) is 24.5 Å². The van der Waals surface area contributed by atoms with Gasteiger partial charge in [0.25, 0.3) is 0 Å². The highest BCUT2D eigenvalue weighted by molar-refractivity contribution is 7.99. The van der Waals surface area contributed by atoms with Gasteiger partial charge in [0.05, 0.1) is 11.4 Å². The van der Waals surface area contributed by atoms with Gasteiger partial charge in [-0.25, -0.2) is 4.39 Å². The number of thioether (sulfide) groups is 1. The van der Waals surface area contributed by atoms with Crippen molar-refractivity contribution in [2.75, 3.05) is 11.1 Å². The van der Waals surface area contributed by atoms with Crippen molar-refractivity contribution in [1.82, 2.24) is 14.8 Å². The molecule has 162 valence electrons. The second kappa shape index (κ2) is 10.5. The van der Waals surface area contributed by atoms with Gasteiger partial charge in [-0.05, 0) is 49.7 Å². The van der Waals surface area contributed by atoms with Crippen LogP contribution in [0.15, 0.2) is 60.3 Å². The number of hydrogen-bond acceptors (Lipinski definition) is 5. The van der Waals surface area contributed by atoms with Gasteiger partial charge in [-0.2, -0.15) is 0 Å². The van der Waals surface area contributed by atoms with Crippen LogP contribution in [-0.2, 0) is 11.3 Å². The van der Waals surface area contributed by atoms with Gasteiger partial charge < -0.3 is 10.1 Å². The highest BCUT2D eigenvalue weighted by Gasteiger charge is 2.20. The van der Waals surface area contributed by atoms with Gasteiger partial charge in [0.2, 0.25) is 5.91 Å². The van der Waals surface area contributed by atoms with E-state index in [0.717, 1.165) is 5.56 Å². The summed E-state index contributed by atoms with van der Waals surface area (Å²) in [6, 6.07) is 11.4. The molecule has 0 aliphatic rings. The van der Waals surface area contributed by atoms with Crippen LogP contribution < -0.4 is 10.1 Å². The fourth-order valence-corrected chi connectivity index (χ4v) is 3.71. The van der Waals surface area contributed by atoms with E-state index in [9.17, 15) is 9.18 Å². The minimum Gasteiger partial charge on any atom is -0.483 e. The van der Waals surface area contributed by atoms with Gasteiger partial charge in [-0.15, -0.1) is 16.8 Å². The number of ether oxygens (including phenoxy) is 1. The average Bonchev–Trinajstić information content (AvgIpc) is 3.14. The number of nitrogens with one attached hydrogen (secondary N) is 1. The third-order valence-corrected chi connectivity index (χ3v) is 5.73. The molecule has 1 atom stereocenters. The normalized spacial score (nSPS) is 11.7. The van der Waals surface area contributed by atoms with Crippen LogP contribution >= 0.6 is 23.4 Å². The first-order chi connectivity index (χ1) is 14.9. The maximum Gasteiger partial charge on any atom is 0.234 e. The molecule has 1 heterocycles. The maximum absolute atomic E-state index is 13.7. The Hall–Kier alpha value is -2.84. The van der Waals surface area contributed by atoms with E-state index in [-0.39, 0.29) is 17.3 Å². The summed E-state index contributed by atoms with van der Waals surface area (Å²) in [6.45, 7) is 8.00. The fraction of sp³-hybridized carbons (Fsp3) is 0.227. The first kappa shape index (κ1) is 22.8. The predicted octanol–water partition coefficient (Wildman–Crippen LogP) is 5.44. The number of halogens is 2. The largest absolute Gasteiger partial charge is 0.483 e. The van der Waals surface area contributed by atoms with E-state index in [1.165, 1.54) is 23.9 Å². The van der Waals surface area contributed by atoms with Gasteiger partial charge >= 0.3 is 0 Å². The Bertz CT molecular complexity index is 1090.